The van der Waals surface area contributed by atoms with Crippen molar-refractivity contribution in [2.24, 2.45) is 0 Å². The smallest absolute Gasteiger partial charge is 0.256 e. The molecule has 4 nitrogen and oxygen atoms in total. The van der Waals surface area contributed by atoms with E-state index in [4.69, 9.17) is 19.9 Å². The number of fused-ring (bicyclic) bond motifs is 1. The number of benzene rings is 4. The molecular formula is C48H50F2N4. The minimum absolute atomic E-state index is 0.0370. The van der Waals surface area contributed by atoms with E-state index in [0.29, 0.717) is 28.6 Å². The van der Waals surface area contributed by atoms with E-state index in [9.17, 15) is 0 Å². The Labute approximate surface area is 319 Å². The second kappa shape index (κ2) is 12.8. The molecule has 1 aliphatic rings. The summed E-state index contributed by atoms with van der Waals surface area (Å²) in [6.45, 7) is 21.9. The fourth-order valence-corrected chi connectivity index (χ4v) is 7.70. The second-order valence-corrected chi connectivity index (χ2v) is 18.0. The fraction of sp³-hybridized carbons (Fsp3) is 0.333. The molecule has 0 bridgehead atoms. The van der Waals surface area contributed by atoms with Gasteiger partial charge in [0.2, 0.25) is 0 Å². The molecule has 0 N–H and O–H groups in total. The van der Waals surface area contributed by atoms with Gasteiger partial charge in [-0.2, -0.15) is 0 Å². The third kappa shape index (κ3) is 6.33. The number of nitrogens with zero attached hydrogens (tertiary/aromatic N) is 4. The van der Waals surface area contributed by atoms with Crippen molar-refractivity contribution in [1.29, 1.82) is 0 Å². The van der Waals surface area contributed by atoms with Crippen LogP contribution in [0.4, 0.5) is 8.78 Å². The van der Waals surface area contributed by atoms with E-state index < -0.39 is 16.8 Å². The maximum Gasteiger partial charge on any atom is 0.266 e. The lowest BCUT2D eigenvalue weighted by Gasteiger charge is -2.35. The van der Waals surface area contributed by atoms with Crippen molar-refractivity contribution in [3.8, 4) is 56.5 Å². The van der Waals surface area contributed by atoms with Gasteiger partial charge in [-0.3, -0.25) is 4.98 Å². The molecule has 7 rings (SSSR count). The van der Waals surface area contributed by atoms with E-state index in [1.807, 2.05) is 42.6 Å². The first-order chi connectivity index (χ1) is 25.2. The molecule has 0 amide bonds. The summed E-state index contributed by atoms with van der Waals surface area (Å²) >= 11 is 0. The van der Waals surface area contributed by atoms with Crippen molar-refractivity contribution in [3.05, 3.63) is 131 Å². The van der Waals surface area contributed by atoms with Gasteiger partial charge in [0.05, 0.1) is 16.5 Å². The molecular weight excluding hydrogens is 671 g/mol. The molecule has 2 aromatic heterocycles. The molecule has 6 aromatic rings. The largest absolute Gasteiger partial charge is 0.266 e. The van der Waals surface area contributed by atoms with Gasteiger partial charge in [-0.15, -0.1) is 0 Å². The van der Waals surface area contributed by atoms with Crippen LogP contribution in [0, 0.1) is 6.92 Å². The predicted molar refractivity (Wildman–Crippen MR) is 218 cm³/mol. The summed E-state index contributed by atoms with van der Waals surface area (Å²) in [6, 6.07) is 32.9. The molecule has 0 atom stereocenters. The standard InChI is InChI=1S/C48H50F2N4/c1-29-26-40(34-20-25-38-39(27-34)47(10,11)48(49,50)46(38,8)9)51-28-37(29)30-12-14-31(15-13-30)41-52-42(32-16-21-35(22-17-32)44(2,3)4)54-43(53-41)33-18-23-36(24-19-33)45(5,6)7/h12-28H,1-11H3. The quantitative estimate of drug-likeness (QED) is 0.178. The van der Waals surface area contributed by atoms with Gasteiger partial charge >= 0.3 is 0 Å². The monoisotopic (exact) mass is 720 g/mol. The Bertz CT molecular complexity index is 2280. The molecule has 4 aromatic carbocycles. The Balaban J connectivity index is 1.22. The number of hydrogen-bond donors (Lipinski definition) is 0. The summed E-state index contributed by atoms with van der Waals surface area (Å²) in [7, 11) is 0. The van der Waals surface area contributed by atoms with E-state index in [1.54, 1.807) is 27.7 Å². The molecule has 0 spiro atoms. The number of aromatic nitrogens is 4. The minimum atomic E-state index is -2.87. The zero-order valence-corrected chi connectivity index (χ0v) is 33.4. The third-order valence-electron chi connectivity index (χ3n) is 11.5. The van der Waals surface area contributed by atoms with Crippen LogP contribution in [-0.4, -0.2) is 25.9 Å². The zero-order chi connectivity index (χ0) is 39.0. The van der Waals surface area contributed by atoms with Gasteiger partial charge in [0.25, 0.3) is 5.92 Å². The lowest BCUT2D eigenvalue weighted by molar-refractivity contribution is -0.105. The van der Waals surface area contributed by atoms with E-state index in [0.717, 1.165) is 44.6 Å². The maximum atomic E-state index is 15.5. The van der Waals surface area contributed by atoms with Gasteiger partial charge in [-0.25, -0.2) is 23.7 Å². The number of halogens is 2. The molecule has 1 aliphatic carbocycles. The Kier molecular flexibility index (Phi) is 8.79. The number of rotatable bonds is 5. The Morgan fingerprint density at radius 3 is 1.30 bits per heavy atom. The van der Waals surface area contributed by atoms with Crippen molar-refractivity contribution in [1.82, 2.24) is 19.9 Å². The highest BCUT2D eigenvalue weighted by Crippen LogP contribution is 2.59. The maximum absolute atomic E-state index is 15.5. The van der Waals surface area contributed by atoms with Crippen LogP contribution in [0.25, 0.3) is 56.5 Å². The van der Waals surface area contributed by atoms with Gasteiger partial charge in [-0.05, 0) is 91.0 Å². The van der Waals surface area contributed by atoms with E-state index in [-0.39, 0.29) is 10.8 Å². The van der Waals surface area contributed by atoms with E-state index in [1.165, 1.54) is 11.1 Å². The SMILES string of the molecule is Cc1cc(-c2ccc3c(c2)C(C)(C)C(F)(F)C3(C)C)ncc1-c1ccc(-c2nc(-c3ccc(C(C)(C)C)cc3)nc(-c3ccc(C(C)(C)C)cc3)n2)cc1. The van der Waals surface area contributed by atoms with Crippen LogP contribution in [0.3, 0.4) is 0 Å². The summed E-state index contributed by atoms with van der Waals surface area (Å²) in [6.07, 6.45) is 1.87. The molecule has 54 heavy (non-hydrogen) atoms. The summed E-state index contributed by atoms with van der Waals surface area (Å²) in [5, 5.41) is 0. The van der Waals surface area contributed by atoms with E-state index >= 15 is 8.78 Å². The number of hydrogen-bond acceptors (Lipinski definition) is 4. The molecule has 0 saturated carbocycles. The first-order valence-corrected chi connectivity index (χ1v) is 18.8. The third-order valence-corrected chi connectivity index (χ3v) is 11.5. The van der Waals surface area contributed by atoms with Crippen LogP contribution < -0.4 is 0 Å². The summed E-state index contributed by atoms with van der Waals surface area (Å²) in [4.78, 5) is 19.8. The first-order valence-electron chi connectivity index (χ1n) is 18.8. The van der Waals surface area contributed by atoms with Crippen LogP contribution >= 0.6 is 0 Å². The Morgan fingerprint density at radius 2 is 0.870 bits per heavy atom. The highest BCUT2D eigenvalue weighted by molar-refractivity contribution is 5.74. The lowest BCUT2D eigenvalue weighted by atomic mass is 9.77. The highest BCUT2D eigenvalue weighted by Gasteiger charge is 2.65. The predicted octanol–water partition coefficient (Wildman–Crippen LogP) is 12.7. The van der Waals surface area contributed by atoms with Crippen LogP contribution in [0.15, 0.2) is 103 Å². The molecule has 0 saturated heterocycles. The molecule has 0 aliphatic heterocycles. The van der Waals surface area contributed by atoms with Crippen molar-refractivity contribution in [2.75, 3.05) is 0 Å². The van der Waals surface area contributed by atoms with Crippen LogP contribution in [-0.2, 0) is 21.7 Å². The van der Waals surface area contributed by atoms with Crippen molar-refractivity contribution < 1.29 is 8.78 Å². The number of pyridine rings is 1. The molecule has 0 fully saturated rings. The fourth-order valence-electron chi connectivity index (χ4n) is 7.70. The highest BCUT2D eigenvalue weighted by atomic mass is 19.3. The topological polar surface area (TPSA) is 51.6 Å². The van der Waals surface area contributed by atoms with Crippen molar-refractivity contribution in [2.45, 2.75) is 104 Å². The van der Waals surface area contributed by atoms with Crippen molar-refractivity contribution in [3.63, 3.8) is 0 Å². The second-order valence-electron chi connectivity index (χ2n) is 18.0. The van der Waals surface area contributed by atoms with Gasteiger partial charge in [-0.1, -0.05) is 126 Å². The molecule has 0 unspecified atom stereocenters. The molecule has 2 heterocycles. The molecule has 6 heteroatoms. The van der Waals surface area contributed by atoms with Gasteiger partial charge in [0, 0.05) is 34.0 Å². The average molecular weight is 721 g/mol. The van der Waals surface area contributed by atoms with Gasteiger partial charge < -0.3 is 0 Å². The normalized spacial score (nSPS) is 15.9. The minimum Gasteiger partial charge on any atom is -0.256 e. The number of aryl methyl sites for hydroxylation is 1. The zero-order valence-electron chi connectivity index (χ0n) is 33.4. The van der Waals surface area contributed by atoms with Crippen molar-refractivity contribution >= 4 is 0 Å². The van der Waals surface area contributed by atoms with Gasteiger partial charge in [0.15, 0.2) is 17.5 Å². The average Bonchev–Trinajstić information content (AvgIpc) is 3.23. The van der Waals surface area contributed by atoms with Crippen LogP contribution in [0.2, 0.25) is 0 Å². The molecule has 276 valence electrons. The summed E-state index contributed by atoms with van der Waals surface area (Å²) in [5.74, 6) is -1.03. The Morgan fingerprint density at radius 1 is 0.481 bits per heavy atom. The molecule has 0 radical (unpaired) electrons. The van der Waals surface area contributed by atoms with Gasteiger partial charge in [0.1, 0.15) is 0 Å². The lowest BCUT2D eigenvalue weighted by Crippen LogP contribution is -2.46. The Hall–Kier alpha value is -5.10. The van der Waals surface area contributed by atoms with E-state index in [2.05, 4.69) is 109 Å². The van der Waals surface area contributed by atoms with Crippen LogP contribution in [0.1, 0.15) is 97.1 Å². The summed E-state index contributed by atoms with van der Waals surface area (Å²) < 4.78 is 31.1. The summed E-state index contributed by atoms with van der Waals surface area (Å²) in [5.41, 5.74) is 8.80. The van der Waals surface area contributed by atoms with Crippen LogP contribution in [0.5, 0.6) is 0 Å². The first kappa shape index (κ1) is 37.2. The number of alkyl halides is 2.